The van der Waals surface area contributed by atoms with E-state index >= 15 is 0 Å². The Morgan fingerprint density at radius 2 is 1.79 bits per heavy atom. The summed E-state index contributed by atoms with van der Waals surface area (Å²) >= 11 is 0. The summed E-state index contributed by atoms with van der Waals surface area (Å²) in [7, 11) is 0. The lowest BCUT2D eigenvalue weighted by atomic mass is 10.0. The van der Waals surface area contributed by atoms with Crippen molar-refractivity contribution in [3.8, 4) is 11.8 Å². The van der Waals surface area contributed by atoms with Crippen molar-refractivity contribution < 1.29 is 9.13 Å². The third-order valence-corrected chi connectivity index (χ3v) is 4.66. The smallest absolute Gasteiger partial charge is 0.124 e. The highest BCUT2D eigenvalue weighted by Gasteiger charge is 2.36. The van der Waals surface area contributed by atoms with Crippen molar-refractivity contribution in [3.05, 3.63) is 71.0 Å². The highest BCUT2D eigenvalue weighted by Crippen LogP contribution is 2.35. The third-order valence-electron chi connectivity index (χ3n) is 4.66. The summed E-state index contributed by atoms with van der Waals surface area (Å²) in [4.78, 5) is 2.58. The van der Waals surface area contributed by atoms with Crippen molar-refractivity contribution in [1.29, 1.82) is 0 Å². The van der Waals surface area contributed by atoms with Crippen molar-refractivity contribution in [3.63, 3.8) is 0 Å². The number of nitrogens with zero attached hydrogens (tertiary/aromatic N) is 1. The Morgan fingerprint density at radius 1 is 1.00 bits per heavy atom. The SMILES string of the molecule is Fc1cccc(C#Cc2ccc(C3COCCN3C3CC3)cc2)c1. The van der Waals surface area contributed by atoms with Gasteiger partial charge in [0.2, 0.25) is 0 Å². The number of ether oxygens (including phenoxy) is 1. The molecule has 1 heterocycles. The maximum absolute atomic E-state index is 13.2. The Labute approximate surface area is 142 Å². The van der Waals surface area contributed by atoms with E-state index in [4.69, 9.17) is 4.74 Å². The number of halogens is 1. The standard InChI is InChI=1S/C21H20FNO/c22-19-3-1-2-17(14-19)5-4-16-6-8-18(9-7-16)21-15-24-13-12-23(21)20-10-11-20/h1-3,6-9,14,20-21H,10-13,15H2. The van der Waals surface area contributed by atoms with Gasteiger partial charge in [-0.15, -0.1) is 0 Å². The second kappa shape index (κ2) is 6.76. The summed E-state index contributed by atoms with van der Waals surface area (Å²) in [6.45, 7) is 2.63. The quantitative estimate of drug-likeness (QED) is 0.781. The summed E-state index contributed by atoms with van der Waals surface area (Å²) < 4.78 is 18.9. The van der Waals surface area contributed by atoms with Gasteiger partial charge in [-0.05, 0) is 48.7 Å². The summed E-state index contributed by atoms with van der Waals surface area (Å²) in [5, 5.41) is 0. The number of hydrogen-bond acceptors (Lipinski definition) is 2. The Morgan fingerprint density at radius 3 is 2.54 bits per heavy atom. The zero-order chi connectivity index (χ0) is 16.4. The molecule has 0 N–H and O–H groups in total. The molecule has 0 spiro atoms. The molecule has 1 unspecified atom stereocenters. The third kappa shape index (κ3) is 3.51. The van der Waals surface area contributed by atoms with Crippen LogP contribution in [0.2, 0.25) is 0 Å². The lowest BCUT2D eigenvalue weighted by Gasteiger charge is -2.36. The van der Waals surface area contributed by atoms with E-state index in [1.807, 2.05) is 18.2 Å². The minimum atomic E-state index is -0.255. The van der Waals surface area contributed by atoms with E-state index in [9.17, 15) is 4.39 Å². The van der Waals surface area contributed by atoms with Crippen LogP contribution in [-0.4, -0.2) is 30.7 Å². The monoisotopic (exact) mass is 321 g/mol. The molecule has 0 radical (unpaired) electrons. The van der Waals surface area contributed by atoms with E-state index in [0.717, 1.165) is 31.4 Å². The zero-order valence-corrected chi connectivity index (χ0v) is 13.5. The van der Waals surface area contributed by atoms with E-state index in [1.54, 1.807) is 6.07 Å². The first-order valence-electron chi connectivity index (χ1n) is 8.51. The van der Waals surface area contributed by atoms with Gasteiger partial charge in [0.1, 0.15) is 5.82 Å². The largest absolute Gasteiger partial charge is 0.378 e. The minimum absolute atomic E-state index is 0.255. The number of hydrogen-bond donors (Lipinski definition) is 0. The van der Waals surface area contributed by atoms with Crippen LogP contribution in [0.1, 0.15) is 35.6 Å². The van der Waals surface area contributed by atoms with Gasteiger partial charge in [-0.25, -0.2) is 4.39 Å². The zero-order valence-electron chi connectivity index (χ0n) is 13.5. The molecule has 2 aromatic carbocycles. The first kappa shape index (κ1) is 15.4. The highest BCUT2D eigenvalue weighted by atomic mass is 19.1. The Balaban J connectivity index is 1.50. The molecule has 0 aromatic heterocycles. The molecule has 0 bridgehead atoms. The minimum Gasteiger partial charge on any atom is -0.378 e. The Kier molecular flexibility index (Phi) is 4.34. The second-order valence-corrected chi connectivity index (χ2v) is 6.44. The Hall–Kier alpha value is -2.15. The number of rotatable bonds is 2. The molecular formula is C21H20FNO. The number of morpholine rings is 1. The van der Waals surface area contributed by atoms with Gasteiger partial charge in [-0.1, -0.05) is 30.0 Å². The van der Waals surface area contributed by atoms with E-state index in [1.165, 1.54) is 30.5 Å². The molecule has 24 heavy (non-hydrogen) atoms. The van der Waals surface area contributed by atoms with Crippen molar-refractivity contribution in [1.82, 2.24) is 4.90 Å². The van der Waals surface area contributed by atoms with Crippen LogP contribution in [0.25, 0.3) is 0 Å². The molecule has 4 rings (SSSR count). The first-order valence-corrected chi connectivity index (χ1v) is 8.51. The average Bonchev–Trinajstić information content (AvgIpc) is 3.46. The van der Waals surface area contributed by atoms with E-state index in [-0.39, 0.29) is 5.82 Å². The van der Waals surface area contributed by atoms with Crippen molar-refractivity contribution in [2.75, 3.05) is 19.8 Å². The summed E-state index contributed by atoms with van der Waals surface area (Å²) in [5.41, 5.74) is 2.93. The molecule has 2 fully saturated rings. The van der Waals surface area contributed by atoms with Crippen molar-refractivity contribution in [2.24, 2.45) is 0 Å². The van der Waals surface area contributed by atoms with Gasteiger partial charge >= 0.3 is 0 Å². The molecule has 1 saturated heterocycles. The van der Waals surface area contributed by atoms with Crippen LogP contribution in [0.5, 0.6) is 0 Å². The molecule has 0 amide bonds. The van der Waals surface area contributed by atoms with Crippen LogP contribution < -0.4 is 0 Å². The molecule has 2 aliphatic rings. The predicted octanol–water partition coefficient (Wildman–Crippen LogP) is 3.76. The summed E-state index contributed by atoms with van der Waals surface area (Å²) in [5.74, 6) is 5.86. The molecule has 2 aromatic rings. The van der Waals surface area contributed by atoms with Crippen LogP contribution in [-0.2, 0) is 4.74 Å². The van der Waals surface area contributed by atoms with Crippen LogP contribution in [0, 0.1) is 17.7 Å². The lowest BCUT2D eigenvalue weighted by Crippen LogP contribution is -2.40. The molecule has 1 saturated carbocycles. The lowest BCUT2D eigenvalue weighted by molar-refractivity contribution is -0.0128. The average molecular weight is 321 g/mol. The normalized spacial score (nSPS) is 21.1. The van der Waals surface area contributed by atoms with Crippen LogP contribution >= 0.6 is 0 Å². The van der Waals surface area contributed by atoms with Crippen molar-refractivity contribution >= 4 is 0 Å². The van der Waals surface area contributed by atoms with Gasteiger partial charge in [0.05, 0.1) is 19.3 Å². The van der Waals surface area contributed by atoms with Gasteiger partial charge in [-0.3, -0.25) is 4.90 Å². The van der Waals surface area contributed by atoms with E-state index in [0.29, 0.717) is 11.6 Å². The van der Waals surface area contributed by atoms with Crippen LogP contribution in [0.15, 0.2) is 48.5 Å². The molecule has 1 aliphatic heterocycles. The van der Waals surface area contributed by atoms with Gasteiger partial charge in [-0.2, -0.15) is 0 Å². The van der Waals surface area contributed by atoms with Crippen LogP contribution in [0.3, 0.4) is 0 Å². The molecule has 1 atom stereocenters. The molecule has 3 heteroatoms. The van der Waals surface area contributed by atoms with E-state index in [2.05, 4.69) is 28.9 Å². The molecule has 1 aliphatic carbocycles. The van der Waals surface area contributed by atoms with Gasteiger partial charge in [0.25, 0.3) is 0 Å². The van der Waals surface area contributed by atoms with Gasteiger partial charge in [0, 0.05) is 23.7 Å². The van der Waals surface area contributed by atoms with Gasteiger partial charge < -0.3 is 4.74 Å². The summed E-state index contributed by atoms with van der Waals surface area (Å²) in [6.07, 6.45) is 2.63. The second-order valence-electron chi connectivity index (χ2n) is 6.44. The molecule has 122 valence electrons. The maximum Gasteiger partial charge on any atom is 0.124 e. The predicted molar refractivity (Wildman–Crippen MR) is 92.1 cm³/mol. The topological polar surface area (TPSA) is 12.5 Å². The fourth-order valence-corrected chi connectivity index (χ4v) is 3.25. The Bertz CT molecular complexity index is 770. The fraction of sp³-hybridized carbons (Fsp3) is 0.333. The number of benzene rings is 2. The maximum atomic E-state index is 13.2. The highest BCUT2D eigenvalue weighted by molar-refractivity contribution is 5.43. The fourth-order valence-electron chi connectivity index (χ4n) is 3.25. The van der Waals surface area contributed by atoms with Gasteiger partial charge in [0.15, 0.2) is 0 Å². The molecule has 2 nitrogen and oxygen atoms in total. The van der Waals surface area contributed by atoms with Crippen LogP contribution in [0.4, 0.5) is 4.39 Å². The van der Waals surface area contributed by atoms with Crippen molar-refractivity contribution in [2.45, 2.75) is 24.9 Å². The van der Waals surface area contributed by atoms with E-state index < -0.39 is 0 Å². The first-order chi connectivity index (χ1) is 11.8. The molecular weight excluding hydrogens is 301 g/mol. The summed E-state index contributed by atoms with van der Waals surface area (Å²) in [6, 6.07) is 15.8.